The molecule has 0 saturated carbocycles. The zero-order valence-corrected chi connectivity index (χ0v) is 12.3. The number of hydrogen-bond acceptors (Lipinski definition) is 4. The molecule has 0 bridgehead atoms. The van der Waals surface area contributed by atoms with Gasteiger partial charge < -0.3 is 20.1 Å². The van der Waals surface area contributed by atoms with Crippen molar-refractivity contribution < 1.29 is 14.3 Å². The Morgan fingerprint density at radius 2 is 2.00 bits per heavy atom. The zero-order chi connectivity index (χ0) is 14.7. The van der Waals surface area contributed by atoms with Crippen molar-refractivity contribution in [2.24, 2.45) is 11.7 Å². The summed E-state index contributed by atoms with van der Waals surface area (Å²) in [4.78, 5) is 14.3. The standard InChI is InChI=1S/C15H22N2O3/c1-10-6-7-17(9-12(10)16)15(18)11-4-5-13(19-2)14(8-11)20-3/h4-5,8,10,12H,6-7,9,16H2,1-3H3. The smallest absolute Gasteiger partial charge is 0.254 e. The number of methoxy groups -OCH3 is 2. The van der Waals surface area contributed by atoms with Gasteiger partial charge in [0.1, 0.15) is 0 Å². The molecule has 1 saturated heterocycles. The van der Waals surface area contributed by atoms with Gasteiger partial charge in [-0.25, -0.2) is 0 Å². The Morgan fingerprint density at radius 1 is 1.30 bits per heavy atom. The Hall–Kier alpha value is -1.75. The minimum Gasteiger partial charge on any atom is -0.493 e. The summed E-state index contributed by atoms with van der Waals surface area (Å²) in [6.45, 7) is 3.49. The second-order valence-electron chi connectivity index (χ2n) is 5.25. The van der Waals surface area contributed by atoms with E-state index in [0.717, 1.165) is 13.0 Å². The second kappa shape index (κ2) is 6.13. The maximum absolute atomic E-state index is 12.5. The first-order valence-electron chi connectivity index (χ1n) is 6.83. The van der Waals surface area contributed by atoms with E-state index in [1.54, 1.807) is 32.4 Å². The highest BCUT2D eigenvalue weighted by atomic mass is 16.5. The summed E-state index contributed by atoms with van der Waals surface area (Å²) in [7, 11) is 3.13. The molecule has 0 aliphatic carbocycles. The maximum atomic E-state index is 12.5. The topological polar surface area (TPSA) is 64.8 Å². The fraction of sp³-hybridized carbons (Fsp3) is 0.533. The van der Waals surface area contributed by atoms with Gasteiger partial charge in [0, 0.05) is 24.7 Å². The Labute approximate surface area is 119 Å². The summed E-state index contributed by atoms with van der Waals surface area (Å²) in [5.41, 5.74) is 6.65. The molecule has 2 rings (SSSR count). The minimum atomic E-state index is -0.00620. The van der Waals surface area contributed by atoms with Gasteiger partial charge >= 0.3 is 0 Å². The molecule has 1 fully saturated rings. The van der Waals surface area contributed by atoms with Crippen LogP contribution in [0.25, 0.3) is 0 Å². The molecule has 20 heavy (non-hydrogen) atoms. The predicted molar refractivity (Wildman–Crippen MR) is 77.2 cm³/mol. The van der Waals surface area contributed by atoms with Gasteiger partial charge in [-0.05, 0) is 30.5 Å². The average Bonchev–Trinajstić information content (AvgIpc) is 2.48. The van der Waals surface area contributed by atoms with Crippen molar-refractivity contribution >= 4 is 5.91 Å². The molecule has 0 spiro atoms. The van der Waals surface area contributed by atoms with Crippen LogP contribution in [0.1, 0.15) is 23.7 Å². The molecule has 1 aliphatic heterocycles. The van der Waals surface area contributed by atoms with Crippen LogP contribution in [-0.2, 0) is 0 Å². The molecule has 5 nitrogen and oxygen atoms in total. The fourth-order valence-corrected chi connectivity index (χ4v) is 2.44. The number of carbonyl (C=O) groups is 1. The summed E-state index contributed by atoms with van der Waals surface area (Å²) in [6.07, 6.45) is 0.945. The van der Waals surface area contributed by atoms with Crippen molar-refractivity contribution in [3.05, 3.63) is 23.8 Å². The third-order valence-corrected chi connectivity index (χ3v) is 3.93. The van der Waals surface area contributed by atoms with Gasteiger partial charge in [0.2, 0.25) is 0 Å². The summed E-state index contributed by atoms with van der Waals surface area (Å²) < 4.78 is 10.4. The first-order chi connectivity index (χ1) is 9.56. The van der Waals surface area contributed by atoms with Gasteiger partial charge in [-0.15, -0.1) is 0 Å². The van der Waals surface area contributed by atoms with Gasteiger partial charge in [-0.1, -0.05) is 6.92 Å². The molecule has 1 aromatic rings. The average molecular weight is 278 g/mol. The lowest BCUT2D eigenvalue weighted by atomic mass is 9.94. The zero-order valence-electron chi connectivity index (χ0n) is 12.3. The summed E-state index contributed by atoms with van der Waals surface area (Å²) in [5.74, 6) is 1.64. The highest BCUT2D eigenvalue weighted by molar-refractivity contribution is 5.95. The van der Waals surface area contributed by atoms with Crippen molar-refractivity contribution in [1.29, 1.82) is 0 Å². The van der Waals surface area contributed by atoms with Gasteiger partial charge in [-0.3, -0.25) is 4.79 Å². The summed E-state index contributed by atoms with van der Waals surface area (Å²) >= 11 is 0. The highest BCUT2D eigenvalue weighted by Gasteiger charge is 2.27. The van der Waals surface area contributed by atoms with E-state index in [1.807, 2.05) is 4.90 Å². The first kappa shape index (κ1) is 14.7. The Balaban J connectivity index is 2.17. The lowest BCUT2D eigenvalue weighted by molar-refractivity contribution is 0.0672. The molecule has 1 amide bonds. The third-order valence-electron chi connectivity index (χ3n) is 3.93. The van der Waals surface area contributed by atoms with Crippen molar-refractivity contribution in [3.63, 3.8) is 0 Å². The fourth-order valence-electron chi connectivity index (χ4n) is 2.44. The van der Waals surface area contributed by atoms with Gasteiger partial charge in [0.25, 0.3) is 5.91 Å². The largest absolute Gasteiger partial charge is 0.493 e. The van der Waals surface area contributed by atoms with E-state index in [-0.39, 0.29) is 11.9 Å². The lowest BCUT2D eigenvalue weighted by Crippen LogP contribution is -2.49. The van der Waals surface area contributed by atoms with Gasteiger partial charge in [-0.2, -0.15) is 0 Å². The lowest BCUT2D eigenvalue weighted by Gasteiger charge is -2.35. The quantitative estimate of drug-likeness (QED) is 0.910. The molecule has 1 aromatic carbocycles. The minimum absolute atomic E-state index is 0.00620. The molecule has 2 N–H and O–H groups in total. The van der Waals surface area contributed by atoms with Crippen molar-refractivity contribution in [2.75, 3.05) is 27.3 Å². The van der Waals surface area contributed by atoms with E-state index in [2.05, 4.69) is 6.92 Å². The number of rotatable bonds is 3. The molecule has 2 atom stereocenters. The number of likely N-dealkylation sites (tertiary alicyclic amines) is 1. The molecular formula is C15H22N2O3. The number of ether oxygens (including phenoxy) is 2. The second-order valence-corrected chi connectivity index (χ2v) is 5.25. The number of amides is 1. The van der Waals surface area contributed by atoms with Gasteiger partial charge in [0.15, 0.2) is 11.5 Å². The third kappa shape index (κ3) is 2.88. The SMILES string of the molecule is COc1ccc(C(=O)N2CCC(C)C(N)C2)cc1OC. The monoisotopic (exact) mass is 278 g/mol. The van der Waals surface area contributed by atoms with E-state index < -0.39 is 0 Å². The summed E-state index contributed by atoms with van der Waals surface area (Å²) in [5, 5.41) is 0. The Morgan fingerprint density at radius 3 is 2.60 bits per heavy atom. The van der Waals surface area contributed by atoms with Crippen molar-refractivity contribution in [2.45, 2.75) is 19.4 Å². The normalized spacial score (nSPS) is 22.5. The molecule has 0 radical (unpaired) electrons. The number of nitrogens with zero attached hydrogens (tertiary/aromatic N) is 1. The Kier molecular flexibility index (Phi) is 4.49. The van der Waals surface area contributed by atoms with Crippen LogP contribution < -0.4 is 15.2 Å². The van der Waals surface area contributed by atoms with Crippen molar-refractivity contribution in [1.82, 2.24) is 4.90 Å². The molecule has 0 aromatic heterocycles. The molecule has 2 unspecified atom stereocenters. The summed E-state index contributed by atoms with van der Waals surface area (Å²) in [6, 6.07) is 5.27. The Bertz CT molecular complexity index is 490. The number of carbonyl (C=O) groups excluding carboxylic acids is 1. The van der Waals surface area contributed by atoms with Crippen LogP contribution in [0.15, 0.2) is 18.2 Å². The molecule has 110 valence electrons. The van der Waals surface area contributed by atoms with E-state index >= 15 is 0 Å². The number of nitrogens with two attached hydrogens (primary N) is 1. The maximum Gasteiger partial charge on any atom is 0.254 e. The number of hydrogen-bond donors (Lipinski definition) is 1. The van der Waals surface area contributed by atoms with E-state index in [1.165, 1.54) is 0 Å². The van der Waals surface area contributed by atoms with E-state index in [0.29, 0.717) is 29.5 Å². The van der Waals surface area contributed by atoms with Crippen LogP contribution in [-0.4, -0.2) is 44.2 Å². The molecule has 1 heterocycles. The van der Waals surface area contributed by atoms with Gasteiger partial charge in [0.05, 0.1) is 14.2 Å². The van der Waals surface area contributed by atoms with Crippen LogP contribution in [0.4, 0.5) is 0 Å². The van der Waals surface area contributed by atoms with E-state index in [4.69, 9.17) is 15.2 Å². The number of benzene rings is 1. The first-order valence-corrected chi connectivity index (χ1v) is 6.83. The van der Waals surface area contributed by atoms with Crippen LogP contribution in [0.2, 0.25) is 0 Å². The highest BCUT2D eigenvalue weighted by Crippen LogP contribution is 2.28. The van der Waals surface area contributed by atoms with E-state index in [9.17, 15) is 4.79 Å². The van der Waals surface area contributed by atoms with Crippen LogP contribution >= 0.6 is 0 Å². The van der Waals surface area contributed by atoms with Crippen LogP contribution in [0.3, 0.4) is 0 Å². The molecule has 5 heteroatoms. The van der Waals surface area contributed by atoms with Crippen LogP contribution in [0, 0.1) is 5.92 Å². The molecular weight excluding hydrogens is 256 g/mol. The van der Waals surface area contributed by atoms with Crippen LogP contribution in [0.5, 0.6) is 11.5 Å². The van der Waals surface area contributed by atoms with Crippen molar-refractivity contribution in [3.8, 4) is 11.5 Å². The molecule has 1 aliphatic rings. The number of piperidine rings is 1. The predicted octanol–water partition coefficient (Wildman–Crippen LogP) is 1.51.